The summed E-state index contributed by atoms with van der Waals surface area (Å²) in [5, 5.41) is 10.6. The molecule has 0 aromatic rings. The third-order valence-corrected chi connectivity index (χ3v) is 18.8. The highest BCUT2D eigenvalue weighted by Gasteiger charge is 2.30. The fourth-order valence-electron chi connectivity index (χ4n) is 11.0. The maximum atomic E-state index is 13.1. The average molecular weight is 1340 g/mol. The standard InChI is InChI=1S/C72H140O17P2/c1-5-9-13-17-20-23-25-27-29-30-31-32-33-34-35-37-39-41-44-47-51-55-59-72(77)89-68(63-83-70(75)57-53-49-45-43-40-38-36-28-26-24-21-18-14-10-6-2)65-87-91(80,81)85-61-66(73)60-84-90(78,79)86-64-67(62-82-69(74)56-52-48-16-12-8-4)88-71(76)58-54-50-46-42-22-19-15-11-7-3/h66-68,73H,5-65H2,1-4H3,(H,78,79)(H,80,81)/t66-,67+,68+/m0/s1. The molecule has 5 atom stereocenters. The van der Waals surface area contributed by atoms with E-state index in [1.54, 1.807) is 0 Å². The second kappa shape index (κ2) is 66.7. The number of carbonyl (C=O) groups is 4. The summed E-state index contributed by atoms with van der Waals surface area (Å²) in [5.41, 5.74) is 0. The first kappa shape index (κ1) is 89.1. The zero-order valence-electron chi connectivity index (χ0n) is 58.8. The van der Waals surface area contributed by atoms with Crippen LogP contribution in [0.25, 0.3) is 0 Å². The van der Waals surface area contributed by atoms with E-state index >= 15 is 0 Å². The second-order valence-electron chi connectivity index (χ2n) is 26.0. The van der Waals surface area contributed by atoms with E-state index in [9.17, 15) is 43.2 Å². The summed E-state index contributed by atoms with van der Waals surface area (Å²) in [4.78, 5) is 72.2. The minimum Gasteiger partial charge on any atom is -0.462 e. The molecule has 0 heterocycles. The Morgan fingerprint density at radius 1 is 0.264 bits per heavy atom. The van der Waals surface area contributed by atoms with Crippen molar-refractivity contribution in [2.75, 3.05) is 39.6 Å². The molecule has 0 saturated heterocycles. The smallest absolute Gasteiger partial charge is 0.462 e. The Kier molecular flexibility index (Phi) is 65.2. The molecule has 0 saturated carbocycles. The van der Waals surface area contributed by atoms with Crippen molar-refractivity contribution in [3.05, 3.63) is 0 Å². The molecule has 2 unspecified atom stereocenters. The Bertz CT molecular complexity index is 1740. The number of phosphoric acid groups is 2. The molecule has 3 N–H and O–H groups in total. The van der Waals surface area contributed by atoms with Crippen LogP contribution in [0.4, 0.5) is 0 Å². The lowest BCUT2D eigenvalue weighted by molar-refractivity contribution is -0.161. The fraction of sp³-hybridized carbons (Fsp3) is 0.944. The molecule has 0 aromatic heterocycles. The quantitative estimate of drug-likeness (QED) is 0.0222. The molecular formula is C72H140O17P2. The van der Waals surface area contributed by atoms with Crippen molar-refractivity contribution >= 4 is 39.5 Å². The lowest BCUT2D eigenvalue weighted by atomic mass is 10.0. The highest BCUT2D eigenvalue weighted by molar-refractivity contribution is 7.47. The Morgan fingerprint density at radius 2 is 0.440 bits per heavy atom. The van der Waals surface area contributed by atoms with E-state index in [0.29, 0.717) is 25.7 Å². The summed E-state index contributed by atoms with van der Waals surface area (Å²) in [7, 11) is -9.89. The maximum absolute atomic E-state index is 13.1. The van der Waals surface area contributed by atoms with Gasteiger partial charge in [-0.15, -0.1) is 0 Å². The Hall–Kier alpha value is -1.94. The summed E-state index contributed by atoms with van der Waals surface area (Å²) in [6.45, 7) is 4.85. The van der Waals surface area contributed by atoms with Crippen LogP contribution in [0, 0.1) is 0 Å². The van der Waals surface area contributed by atoms with Gasteiger partial charge in [0.1, 0.15) is 19.3 Å². The zero-order chi connectivity index (χ0) is 66.8. The van der Waals surface area contributed by atoms with Gasteiger partial charge in [0.15, 0.2) is 12.2 Å². The summed E-state index contributed by atoms with van der Waals surface area (Å²) < 4.78 is 68.0. The Morgan fingerprint density at radius 3 is 0.648 bits per heavy atom. The number of phosphoric ester groups is 2. The fourth-order valence-corrected chi connectivity index (χ4v) is 12.6. The molecular weight excluding hydrogens is 1200 g/mol. The molecule has 0 bridgehead atoms. The Balaban J connectivity index is 5.08. The molecule has 0 spiro atoms. The van der Waals surface area contributed by atoms with E-state index in [1.807, 2.05) is 0 Å². The van der Waals surface area contributed by atoms with Crippen LogP contribution >= 0.6 is 15.6 Å². The second-order valence-corrected chi connectivity index (χ2v) is 28.9. The van der Waals surface area contributed by atoms with Crippen LogP contribution < -0.4 is 0 Å². The lowest BCUT2D eigenvalue weighted by Crippen LogP contribution is -2.30. The summed E-state index contributed by atoms with van der Waals surface area (Å²) in [5.74, 6) is -2.13. The van der Waals surface area contributed by atoms with Gasteiger partial charge in [0, 0.05) is 25.7 Å². The molecule has 540 valence electrons. The van der Waals surface area contributed by atoms with E-state index in [2.05, 4.69) is 27.7 Å². The molecule has 0 rings (SSSR count). The molecule has 0 radical (unpaired) electrons. The lowest BCUT2D eigenvalue weighted by Gasteiger charge is -2.21. The van der Waals surface area contributed by atoms with E-state index in [0.717, 1.165) is 96.3 Å². The first-order valence-corrected chi connectivity index (χ1v) is 40.8. The van der Waals surface area contributed by atoms with Crippen LogP contribution in [0.5, 0.6) is 0 Å². The van der Waals surface area contributed by atoms with Crippen LogP contribution in [-0.2, 0) is 65.4 Å². The monoisotopic (exact) mass is 1340 g/mol. The molecule has 0 aliphatic rings. The molecule has 17 nitrogen and oxygen atoms in total. The highest BCUT2D eigenvalue weighted by atomic mass is 31.2. The topological polar surface area (TPSA) is 237 Å². The van der Waals surface area contributed by atoms with Crippen molar-refractivity contribution in [2.24, 2.45) is 0 Å². The van der Waals surface area contributed by atoms with Gasteiger partial charge < -0.3 is 33.8 Å². The number of hydrogen-bond acceptors (Lipinski definition) is 15. The average Bonchev–Trinajstić information content (AvgIpc) is 3.36. The van der Waals surface area contributed by atoms with Gasteiger partial charge in [0.25, 0.3) is 0 Å². The van der Waals surface area contributed by atoms with Crippen molar-refractivity contribution in [2.45, 2.75) is 399 Å². The number of aliphatic hydroxyl groups is 1. The number of hydrogen-bond donors (Lipinski definition) is 3. The van der Waals surface area contributed by atoms with Gasteiger partial charge in [-0.1, -0.05) is 329 Å². The number of ether oxygens (including phenoxy) is 4. The minimum absolute atomic E-state index is 0.105. The van der Waals surface area contributed by atoms with Crippen molar-refractivity contribution in [3.63, 3.8) is 0 Å². The van der Waals surface area contributed by atoms with Crippen molar-refractivity contribution in [1.82, 2.24) is 0 Å². The number of unbranched alkanes of at least 4 members (excludes halogenated alkanes) is 47. The number of aliphatic hydroxyl groups excluding tert-OH is 1. The van der Waals surface area contributed by atoms with Crippen LogP contribution in [0.1, 0.15) is 381 Å². The van der Waals surface area contributed by atoms with Crippen molar-refractivity contribution in [3.8, 4) is 0 Å². The van der Waals surface area contributed by atoms with Gasteiger partial charge in [-0.25, -0.2) is 9.13 Å². The summed E-state index contributed by atoms with van der Waals surface area (Å²) in [6, 6.07) is 0. The molecule has 0 amide bonds. The predicted molar refractivity (Wildman–Crippen MR) is 368 cm³/mol. The first-order chi connectivity index (χ1) is 44.2. The first-order valence-electron chi connectivity index (χ1n) is 37.8. The zero-order valence-corrected chi connectivity index (χ0v) is 60.6. The normalized spacial score (nSPS) is 14.0. The highest BCUT2D eigenvalue weighted by Crippen LogP contribution is 2.45. The maximum Gasteiger partial charge on any atom is 0.472 e. The van der Waals surface area contributed by atoms with Gasteiger partial charge in [-0.3, -0.25) is 37.3 Å². The molecule has 0 aromatic carbocycles. The number of esters is 4. The number of rotatable bonds is 73. The van der Waals surface area contributed by atoms with Gasteiger partial charge in [-0.05, 0) is 25.7 Å². The Labute approximate surface area is 556 Å². The van der Waals surface area contributed by atoms with Crippen LogP contribution in [0.2, 0.25) is 0 Å². The molecule has 0 aliphatic heterocycles. The molecule has 0 aliphatic carbocycles. The number of carbonyl (C=O) groups excluding carboxylic acids is 4. The SMILES string of the molecule is CCCCCCCCCCCCCCCCCCCCCCCCC(=O)O[C@H](COC(=O)CCCCCCCCCCCCCCCCC)COP(=O)(O)OC[C@@H](O)COP(=O)(O)OC[C@@H](COC(=O)CCCCCCC)OC(=O)CCCCCCCCCCC. The summed E-state index contributed by atoms with van der Waals surface area (Å²) >= 11 is 0. The van der Waals surface area contributed by atoms with Crippen molar-refractivity contribution < 1.29 is 80.2 Å². The van der Waals surface area contributed by atoms with Gasteiger partial charge in [0.05, 0.1) is 26.4 Å². The van der Waals surface area contributed by atoms with Crippen molar-refractivity contribution in [1.29, 1.82) is 0 Å². The van der Waals surface area contributed by atoms with E-state index in [4.69, 9.17) is 37.0 Å². The van der Waals surface area contributed by atoms with Crippen LogP contribution in [0.15, 0.2) is 0 Å². The third-order valence-electron chi connectivity index (χ3n) is 16.9. The minimum atomic E-state index is -4.95. The van der Waals surface area contributed by atoms with E-state index in [-0.39, 0.29) is 25.7 Å². The van der Waals surface area contributed by atoms with Gasteiger partial charge in [0.2, 0.25) is 0 Å². The van der Waals surface area contributed by atoms with Gasteiger partial charge in [-0.2, -0.15) is 0 Å². The molecule has 0 fully saturated rings. The van der Waals surface area contributed by atoms with E-state index < -0.39 is 97.5 Å². The van der Waals surface area contributed by atoms with E-state index in [1.165, 1.54) is 205 Å². The predicted octanol–water partition coefficient (Wildman–Crippen LogP) is 21.1. The molecule has 19 heteroatoms. The van der Waals surface area contributed by atoms with Crippen LogP contribution in [-0.4, -0.2) is 96.7 Å². The van der Waals surface area contributed by atoms with Gasteiger partial charge >= 0.3 is 39.5 Å². The molecule has 91 heavy (non-hydrogen) atoms. The largest absolute Gasteiger partial charge is 0.472 e. The summed E-state index contributed by atoms with van der Waals surface area (Å²) in [6.07, 6.45) is 56.1. The third kappa shape index (κ3) is 66.5. The van der Waals surface area contributed by atoms with Crippen LogP contribution in [0.3, 0.4) is 0 Å².